The first-order chi connectivity index (χ1) is 16.9. The quantitative estimate of drug-likeness (QED) is 0.530. The number of hydrogen-bond donors (Lipinski definition) is 0. The Morgan fingerprint density at radius 2 is 1.78 bits per heavy atom. The van der Waals surface area contributed by atoms with Crippen LogP contribution in [0.3, 0.4) is 0 Å². The lowest BCUT2D eigenvalue weighted by atomic mass is 10.1. The van der Waals surface area contributed by atoms with Gasteiger partial charge >= 0.3 is 12.3 Å². The van der Waals surface area contributed by atoms with E-state index in [2.05, 4.69) is 15.1 Å². The number of hydrogen-bond acceptors (Lipinski definition) is 10. The summed E-state index contributed by atoms with van der Waals surface area (Å²) in [6.07, 6.45) is -3.99. The molecule has 2 aromatic rings. The average molecular weight is 514 g/mol. The molecule has 36 heavy (non-hydrogen) atoms. The maximum absolute atomic E-state index is 13.1. The van der Waals surface area contributed by atoms with Crippen molar-refractivity contribution < 1.29 is 41.8 Å². The van der Waals surface area contributed by atoms with Crippen molar-refractivity contribution in [2.75, 3.05) is 29.5 Å². The van der Waals surface area contributed by atoms with Crippen LogP contribution in [-0.2, 0) is 32.3 Å². The average Bonchev–Trinajstić information content (AvgIpc) is 3.16. The fourth-order valence-corrected chi connectivity index (χ4v) is 3.65. The van der Waals surface area contributed by atoms with Crippen LogP contribution in [0.4, 0.5) is 29.5 Å². The van der Waals surface area contributed by atoms with E-state index < -0.39 is 35.9 Å². The first-order valence-electron chi connectivity index (χ1n) is 11.0. The van der Waals surface area contributed by atoms with E-state index >= 15 is 0 Å². The predicted octanol–water partition coefficient (Wildman–Crippen LogP) is 3.06. The summed E-state index contributed by atoms with van der Waals surface area (Å²) < 4.78 is 55.8. The van der Waals surface area contributed by atoms with Gasteiger partial charge in [-0.3, -0.25) is 9.59 Å². The van der Waals surface area contributed by atoms with Crippen molar-refractivity contribution in [1.82, 2.24) is 19.7 Å². The van der Waals surface area contributed by atoms with Crippen LogP contribution in [0.2, 0.25) is 0 Å². The minimum atomic E-state index is -4.71. The Hall–Kier alpha value is -3.91. The number of ether oxygens (including phenoxy) is 3. The predicted molar refractivity (Wildman–Crippen MR) is 117 cm³/mol. The molecule has 3 heterocycles. The fourth-order valence-electron chi connectivity index (χ4n) is 3.65. The van der Waals surface area contributed by atoms with Gasteiger partial charge < -0.3 is 19.1 Å². The van der Waals surface area contributed by atoms with E-state index in [4.69, 9.17) is 14.2 Å². The molecule has 0 bridgehead atoms. The van der Waals surface area contributed by atoms with Crippen LogP contribution in [0.15, 0.2) is 12.4 Å². The molecule has 0 aliphatic carbocycles. The summed E-state index contributed by atoms with van der Waals surface area (Å²) >= 11 is 0. The molecule has 1 saturated heterocycles. The Labute approximate surface area is 203 Å². The van der Waals surface area contributed by atoms with Crippen LogP contribution >= 0.6 is 0 Å². The van der Waals surface area contributed by atoms with Gasteiger partial charge in [-0.05, 0) is 6.92 Å². The summed E-state index contributed by atoms with van der Waals surface area (Å²) in [7, 11) is 1.24. The molecule has 0 N–H and O–H groups in total. The summed E-state index contributed by atoms with van der Waals surface area (Å²) in [4.78, 5) is 47.1. The van der Waals surface area contributed by atoms with Crippen molar-refractivity contribution in [3.05, 3.63) is 18.1 Å². The lowest BCUT2D eigenvalue weighted by Crippen LogP contribution is -2.41. The molecule has 196 valence electrons. The van der Waals surface area contributed by atoms with Gasteiger partial charge in [0.1, 0.15) is 12.4 Å². The molecule has 0 unspecified atom stereocenters. The second-order valence-corrected chi connectivity index (χ2v) is 7.80. The maximum Gasteiger partial charge on any atom is 0.508 e. The van der Waals surface area contributed by atoms with Crippen LogP contribution in [0, 0.1) is 0 Å². The van der Waals surface area contributed by atoms with Gasteiger partial charge in [0.05, 0.1) is 6.61 Å². The highest BCUT2D eigenvalue weighted by Crippen LogP contribution is 2.40. The van der Waals surface area contributed by atoms with Gasteiger partial charge in [-0.25, -0.2) is 19.4 Å². The first-order valence-corrected chi connectivity index (χ1v) is 11.0. The third-order valence-electron chi connectivity index (χ3n) is 5.22. The van der Waals surface area contributed by atoms with E-state index in [1.165, 1.54) is 7.05 Å². The number of aryl methyl sites for hydroxylation is 1. The molecule has 0 aromatic carbocycles. The lowest BCUT2D eigenvalue weighted by Gasteiger charge is -2.34. The molecular formula is C21H25F3N6O6. The number of imide groups is 1. The first kappa shape index (κ1) is 26.7. The molecule has 1 aliphatic rings. The summed E-state index contributed by atoms with van der Waals surface area (Å²) in [5, 5.41) is 3.39. The van der Waals surface area contributed by atoms with Crippen molar-refractivity contribution in [2.24, 2.45) is 7.05 Å². The molecular weight excluding hydrogens is 489 g/mol. The molecule has 1 fully saturated rings. The smallest absolute Gasteiger partial charge is 0.435 e. The Morgan fingerprint density at radius 3 is 2.31 bits per heavy atom. The SMILES string of the molecule is CCOC(=O)OC1CCN(c2ncnc(Oc3cc(C(F)(F)F)nn3C)c2N(C(C)=O)C(C)=O)CC1. The summed E-state index contributed by atoms with van der Waals surface area (Å²) in [6, 6.07) is 0.676. The van der Waals surface area contributed by atoms with E-state index in [9.17, 15) is 27.6 Å². The molecule has 0 spiro atoms. The zero-order valence-electron chi connectivity index (χ0n) is 20.0. The van der Waals surface area contributed by atoms with Gasteiger partial charge in [-0.2, -0.15) is 23.3 Å². The molecule has 15 heteroatoms. The molecule has 12 nitrogen and oxygen atoms in total. The minimum absolute atomic E-state index is 0.128. The normalized spacial score (nSPS) is 14.4. The number of nitrogens with zero attached hydrogens (tertiary/aromatic N) is 6. The highest BCUT2D eigenvalue weighted by Gasteiger charge is 2.36. The zero-order chi connectivity index (χ0) is 26.6. The van der Waals surface area contributed by atoms with Crippen molar-refractivity contribution >= 4 is 29.5 Å². The van der Waals surface area contributed by atoms with Crippen LogP contribution in [0.25, 0.3) is 0 Å². The highest BCUT2D eigenvalue weighted by molar-refractivity contribution is 6.15. The molecule has 1 aliphatic heterocycles. The third kappa shape index (κ3) is 6.01. The Morgan fingerprint density at radius 1 is 1.14 bits per heavy atom. The van der Waals surface area contributed by atoms with E-state index in [1.807, 2.05) is 0 Å². The second kappa shape index (κ2) is 10.8. The fraction of sp³-hybridized carbons (Fsp3) is 0.524. The number of anilines is 2. The summed E-state index contributed by atoms with van der Waals surface area (Å²) in [6.45, 7) is 4.77. The number of carbonyl (C=O) groups is 3. The zero-order valence-corrected chi connectivity index (χ0v) is 20.0. The van der Waals surface area contributed by atoms with E-state index in [1.54, 1.807) is 11.8 Å². The summed E-state index contributed by atoms with van der Waals surface area (Å²) in [5.41, 5.74) is -1.31. The largest absolute Gasteiger partial charge is 0.508 e. The number of amides is 2. The molecule has 0 atom stereocenters. The number of aromatic nitrogens is 4. The second-order valence-electron chi connectivity index (χ2n) is 7.80. The summed E-state index contributed by atoms with van der Waals surface area (Å²) in [5.74, 6) is -1.83. The number of rotatable bonds is 6. The van der Waals surface area contributed by atoms with Crippen LogP contribution in [0.1, 0.15) is 39.3 Å². The molecule has 2 amide bonds. The topological polar surface area (TPSA) is 129 Å². The van der Waals surface area contributed by atoms with E-state index in [0.29, 0.717) is 32.0 Å². The number of carbonyl (C=O) groups excluding carboxylic acids is 3. The van der Waals surface area contributed by atoms with Crippen molar-refractivity contribution in [2.45, 2.75) is 45.9 Å². The van der Waals surface area contributed by atoms with Crippen LogP contribution < -0.4 is 14.5 Å². The molecule has 0 saturated carbocycles. The minimum Gasteiger partial charge on any atom is -0.435 e. The Kier molecular flexibility index (Phi) is 8.00. The van der Waals surface area contributed by atoms with Gasteiger partial charge in [0, 0.05) is 52.9 Å². The van der Waals surface area contributed by atoms with Crippen molar-refractivity contribution in [3.8, 4) is 11.8 Å². The Bertz CT molecular complexity index is 1120. The maximum atomic E-state index is 13.1. The standard InChI is InChI=1S/C21H25F3N6O6/c1-5-34-20(33)35-14-6-8-29(9-7-14)18-17(30(12(2)31)13(3)32)19(26-11-25-18)36-16-10-15(21(22,23)24)27-28(16)4/h10-11,14H,5-9H2,1-4H3. The molecule has 2 aromatic heterocycles. The van der Waals surface area contributed by atoms with E-state index in [-0.39, 0.29) is 29.9 Å². The van der Waals surface area contributed by atoms with E-state index in [0.717, 1.165) is 29.8 Å². The monoisotopic (exact) mass is 514 g/mol. The Balaban J connectivity index is 1.96. The molecule has 0 radical (unpaired) electrons. The number of alkyl halides is 3. The van der Waals surface area contributed by atoms with Crippen molar-refractivity contribution in [3.63, 3.8) is 0 Å². The molecule has 3 rings (SSSR count). The lowest BCUT2D eigenvalue weighted by molar-refractivity contribution is -0.141. The van der Waals surface area contributed by atoms with Gasteiger partial charge in [-0.1, -0.05) is 0 Å². The number of halogens is 3. The third-order valence-corrected chi connectivity index (χ3v) is 5.22. The van der Waals surface area contributed by atoms with Crippen LogP contribution in [0.5, 0.6) is 11.8 Å². The number of piperidine rings is 1. The highest BCUT2D eigenvalue weighted by atomic mass is 19.4. The van der Waals surface area contributed by atoms with Gasteiger partial charge in [-0.15, -0.1) is 0 Å². The van der Waals surface area contributed by atoms with Gasteiger partial charge in [0.25, 0.3) is 5.88 Å². The van der Waals surface area contributed by atoms with Crippen molar-refractivity contribution in [1.29, 1.82) is 0 Å². The van der Waals surface area contributed by atoms with Crippen LogP contribution in [-0.4, -0.2) is 63.5 Å². The van der Waals surface area contributed by atoms with Gasteiger partial charge in [0.15, 0.2) is 17.2 Å². The van der Waals surface area contributed by atoms with Gasteiger partial charge in [0.2, 0.25) is 17.7 Å².